The second-order valence-corrected chi connectivity index (χ2v) is 3.81. The van der Waals surface area contributed by atoms with Crippen molar-refractivity contribution in [2.75, 3.05) is 44.7 Å². The van der Waals surface area contributed by atoms with Crippen LogP contribution in [0.15, 0.2) is 4.42 Å². The SMILES string of the molecule is CN1CCN(c2nnc(CCN)o2)CC1. The van der Waals surface area contributed by atoms with Crippen molar-refractivity contribution in [3.8, 4) is 0 Å². The fourth-order valence-corrected chi connectivity index (χ4v) is 1.59. The Balaban J connectivity index is 1.96. The van der Waals surface area contributed by atoms with Gasteiger partial charge in [-0.15, -0.1) is 5.10 Å². The second kappa shape index (κ2) is 4.59. The van der Waals surface area contributed by atoms with E-state index < -0.39 is 0 Å². The van der Waals surface area contributed by atoms with Gasteiger partial charge in [-0.3, -0.25) is 0 Å². The average molecular weight is 211 g/mol. The summed E-state index contributed by atoms with van der Waals surface area (Å²) in [6, 6.07) is 0.631. The number of anilines is 1. The van der Waals surface area contributed by atoms with Gasteiger partial charge >= 0.3 is 6.01 Å². The zero-order chi connectivity index (χ0) is 10.7. The summed E-state index contributed by atoms with van der Waals surface area (Å²) in [5.74, 6) is 0.631. The van der Waals surface area contributed by atoms with Crippen molar-refractivity contribution in [3.05, 3.63) is 5.89 Å². The average Bonchev–Trinajstić information content (AvgIpc) is 2.68. The molecule has 0 unspecified atom stereocenters. The molecule has 84 valence electrons. The summed E-state index contributed by atoms with van der Waals surface area (Å²) in [7, 11) is 2.12. The van der Waals surface area contributed by atoms with Gasteiger partial charge in [0.15, 0.2) is 0 Å². The van der Waals surface area contributed by atoms with E-state index in [9.17, 15) is 0 Å². The standard InChI is InChI=1S/C9H17N5O/c1-13-4-6-14(7-5-13)9-12-11-8(15-9)2-3-10/h2-7,10H2,1H3. The third-order valence-electron chi connectivity index (χ3n) is 2.59. The fourth-order valence-electron chi connectivity index (χ4n) is 1.59. The molecule has 2 N–H and O–H groups in total. The fraction of sp³-hybridized carbons (Fsp3) is 0.778. The van der Waals surface area contributed by atoms with Crippen molar-refractivity contribution in [3.63, 3.8) is 0 Å². The Morgan fingerprint density at radius 2 is 2.00 bits per heavy atom. The number of rotatable bonds is 3. The van der Waals surface area contributed by atoms with Crippen LogP contribution in [0.3, 0.4) is 0 Å². The van der Waals surface area contributed by atoms with Crippen molar-refractivity contribution >= 4 is 6.01 Å². The van der Waals surface area contributed by atoms with Crippen molar-refractivity contribution in [2.24, 2.45) is 5.73 Å². The Hall–Kier alpha value is -1.14. The molecule has 0 spiro atoms. The molecule has 1 aliphatic heterocycles. The summed E-state index contributed by atoms with van der Waals surface area (Å²) >= 11 is 0. The van der Waals surface area contributed by atoms with Crippen molar-refractivity contribution in [2.45, 2.75) is 6.42 Å². The lowest BCUT2D eigenvalue weighted by atomic mass is 10.3. The summed E-state index contributed by atoms with van der Waals surface area (Å²) < 4.78 is 5.50. The first-order chi connectivity index (χ1) is 7.29. The predicted molar refractivity (Wildman–Crippen MR) is 56.8 cm³/mol. The number of likely N-dealkylation sites (N-methyl/N-ethyl adjacent to an activating group) is 1. The predicted octanol–water partition coefficient (Wildman–Crippen LogP) is -0.677. The molecular formula is C9H17N5O. The van der Waals surface area contributed by atoms with Gasteiger partial charge in [-0.2, -0.15) is 0 Å². The van der Waals surface area contributed by atoms with Crippen LogP contribution in [0, 0.1) is 0 Å². The lowest BCUT2D eigenvalue weighted by Crippen LogP contribution is -2.44. The highest BCUT2D eigenvalue weighted by Crippen LogP contribution is 2.14. The molecule has 15 heavy (non-hydrogen) atoms. The molecular weight excluding hydrogens is 194 g/mol. The van der Waals surface area contributed by atoms with Crippen LogP contribution in [-0.2, 0) is 6.42 Å². The zero-order valence-electron chi connectivity index (χ0n) is 9.02. The highest BCUT2D eigenvalue weighted by Gasteiger charge is 2.18. The number of hydrogen-bond donors (Lipinski definition) is 1. The maximum absolute atomic E-state index is 5.50. The Morgan fingerprint density at radius 3 is 2.67 bits per heavy atom. The Bertz CT molecular complexity index is 305. The van der Waals surface area contributed by atoms with Crippen molar-refractivity contribution < 1.29 is 4.42 Å². The first-order valence-corrected chi connectivity index (χ1v) is 5.25. The number of nitrogens with zero attached hydrogens (tertiary/aromatic N) is 4. The van der Waals surface area contributed by atoms with Crippen LogP contribution in [0.4, 0.5) is 6.01 Å². The van der Waals surface area contributed by atoms with Gasteiger partial charge in [-0.1, -0.05) is 5.10 Å². The summed E-state index contributed by atoms with van der Waals surface area (Å²) in [5, 5.41) is 7.97. The van der Waals surface area contributed by atoms with E-state index >= 15 is 0 Å². The number of hydrogen-bond acceptors (Lipinski definition) is 6. The van der Waals surface area contributed by atoms with Crippen LogP contribution in [0.25, 0.3) is 0 Å². The molecule has 1 saturated heterocycles. The molecule has 2 rings (SSSR count). The lowest BCUT2D eigenvalue weighted by Gasteiger charge is -2.30. The van der Waals surface area contributed by atoms with E-state index in [1.807, 2.05) is 0 Å². The molecule has 0 aliphatic carbocycles. The molecule has 1 fully saturated rings. The highest BCUT2D eigenvalue weighted by molar-refractivity contribution is 5.25. The van der Waals surface area contributed by atoms with E-state index in [-0.39, 0.29) is 0 Å². The quantitative estimate of drug-likeness (QED) is 0.714. The Labute approximate surface area is 89.0 Å². The molecule has 6 heteroatoms. The van der Waals surface area contributed by atoms with Crippen LogP contribution in [0.2, 0.25) is 0 Å². The third kappa shape index (κ3) is 2.45. The van der Waals surface area contributed by atoms with Crippen LogP contribution in [-0.4, -0.2) is 54.9 Å². The van der Waals surface area contributed by atoms with Gasteiger partial charge in [0, 0.05) is 39.1 Å². The van der Waals surface area contributed by atoms with Gasteiger partial charge in [0.25, 0.3) is 0 Å². The van der Waals surface area contributed by atoms with Crippen LogP contribution < -0.4 is 10.6 Å². The molecule has 0 aromatic carbocycles. The van der Waals surface area contributed by atoms with Gasteiger partial charge in [0.1, 0.15) is 0 Å². The van der Waals surface area contributed by atoms with E-state index in [0.717, 1.165) is 26.2 Å². The van der Waals surface area contributed by atoms with E-state index in [2.05, 4.69) is 27.0 Å². The molecule has 1 aliphatic rings. The van der Waals surface area contributed by atoms with Gasteiger partial charge in [0.05, 0.1) is 0 Å². The normalized spacial score (nSPS) is 18.4. The molecule has 1 aromatic rings. The molecule has 0 amide bonds. The van der Waals surface area contributed by atoms with Crippen LogP contribution >= 0.6 is 0 Å². The maximum atomic E-state index is 5.50. The molecule has 0 saturated carbocycles. The molecule has 0 atom stereocenters. The summed E-state index contributed by atoms with van der Waals surface area (Å²) in [4.78, 5) is 4.40. The van der Waals surface area contributed by atoms with E-state index in [1.165, 1.54) is 0 Å². The smallest absolute Gasteiger partial charge is 0.318 e. The lowest BCUT2D eigenvalue weighted by molar-refractivity contribution is 0.303. The number of nitrogens with two attached hydrogens (primary N) is 1. The number of piperazine rings is 1. The Morgan fingerprint density at radius 1 is 1.27 bits per heavy atom. The molecule has 6 nitrogen and oxygen atoms in total. The first kappa shape index (κ1) is 10.4. The topological polar surface area (TPSA) is 71.4 Å². The number of aromatic nitrogens is 2. The van der Waals surface area contributed by atoms with E-state index in [0.29, 0.717) is 24.9 Å². The van der Waals surface area contributed by atoms with Crippen LogP contribution in [0.5, 0.6) is 0 Å². The second-order valence-electron chi connectivity index (χ2n) is 3.81. The van der Waals surface area contributed by atoms with Crippen LogP contribution in [0.1, 0.15) is 5.89 Å². The van der Waals surface area contributed by atoms with Gasteiger partial charge in [-0.25, -0.2) is 0 Å². The molecule has 2 heterocycles. The Kier molecular flexibility index (Phi) is 3.17. The largest absolute Gasteiger partial charge is 0.408 e. The molecule has 1 aromatic heterocycles. The van der Waals surface area contributed by atoms with Gasteiger partial charge in [0.2, 0.25) is 5.89 Å². The minimum absolute atomic E-state index is 0.546. The van der Waals surface area contributed by atoms with Gasteiger partial charge in [-0.05, 0) is 7.05 Å². The zero-order valence-corrected chi connectivity index (χ0v) is 9.02. The third-order valence-corrected chi connectivity index (χ3v) is 2.59. The summed E-state index contributed by atoms with van der Waals surface area (Å²) in [6.07, 6.45) is 0.654. The first-order valence-electron chi connectivity index (χ1n) is 5.25. The summed E-state index contributed by atoms with van der Waals surface area (Å²) in [5.41, 5.74) is 5.42. The van der Waals surface area contributed by atoms with Crippen molar-refractivity contribution in [1.82, 2.24) is 15.1 Å². The highest BCUT2D eigenvalue weighted by atomic mass is 16.4. The minimum Gasteiger partial charge on any atom is -0.408 e. The van der Waals surface area contributed by atoms with E-state index in [1.54, 1.807) is 0 Å². The van der Waals surface area contributed by atoms with Crippen molar-refractivity contribution in [1.29, 1.82) is 0 Å². The monoisotopic (exact) mass is 211 g/mol. The minimum atomic E-state index is 0.546. The van der Waals surface area contributed by atoms with E-state index in [4.69, 9.17) is 10.2 Å². The van der Waals surface area contributed by atoms with Gasteiger partial charge < -0.3 is 20.0 Å². The summed E-state index contributed by atoms with van der Waals surface area (Å²) in [6.45, 7) is 4.51. The molecule has 0 bridgehead atoms. The molecule has 0 radical (unpaired) electrons. The maximum Gasteiger partial charge on any atom is 0.318 e.